The molecule has 0 saturated carbocycles. The molecule has 0 unspecified atom stereocenters. The van der Waals surface area contributed by atoms with Crippen molar-refractivity contribution in [1.29, 1.82) is 0 Å². The van der Waals surface area contributed by atoms with E-state index in [4.69, 9.17) is 22.7 Å². The third-order valence-corrected chi connectivity index (χ3v) is 13.8. The number of rotatable bonds is 7. The number of aromatic nitrogens is 1. The molecule has 0 aliphatic carbocycles. The number of anilines is 6. The van der Waals surface area contributed by atoms with Gasteiger partial charge in [-0.15, -0.1) is 0 Å². The Morgan fingerprint density at radius 1 is 0.257 bits per heavy atom. The summed E-state index contributed by atoms with van der Waals surface area (Å²) in [6.45, 7) is 0. The summed E-state index contributed by atoms with van der Waals surface area (Å²) in [5.41, 5.74) is 13.7. The average molecular weight is 900 g/mol. The van der Waals surface area contributed by atoms with Crippen molar-refractivity contribution in [3.63, 3.8) is 0 Å². The highest BCUT2D eigenvalue weighted by Crippen LogP contribution is 2.44. The topological polar surface area (TPSA) is 71.9 Å². The van der Waals surface area contributed by atoms with Crippen LogP contribution in [0.1, 0.15) is 0 Å². The number of benzene rings is 11. The maximum Gasteiger partial charge on any atom is 0.227 e. The summed E-state index contributed by atoms with van der Waals surface area (Å²) >= 11 is 0. The van der Waals surface area contributed by atoms with Crippen LogP contribution < -0.4 is 9.80 Å². The first kappa shape index (κ1) is 38.5. The molecule has 0 aliphatic heterocycles. The molecule has 0 bridgehead atoms. The fourth-order valence-electron chi connectivity index (χ4n) is 10.5. The van der Waals surface area contributed by atoms with E-state index in [1.807, 2.05) is 60.7 Å². The zero-order valence-corrected chi connectivity index (χ0v) is 37.3. The van der Waals surface area contributed by atoms with Crippen molar-refractivity contribution in [2.45, 2.75) is 0 Å². The van der Waals surface area contributed by atoms with Gasteiger partial charge in [-0.05, 0) is 143 Å². The number of hydrogen-bond donors (Lipinski definition) is 0. The molecule has 0 amide bonds. The molecule has 0 saturated heterocycles. The minimum Gasteiger partial charge on any atom is -0.456 e. The predicted octanol–water partition coefficient (Wildman–Crippen LogP) is 18.4. The molecule has 7 nitrogen and oxygen atoms in total. The molecular weight excluding hydrogens is 863 g/mol. The minimum atomic E-state index is 0.590. The molecular formula is C63H37N3O4. The Kier molecular flexibility index (Phi) is 8.23. The molecule has 328 valence electrons. The van der Waals surface area contributed by atoms with Crippen LogP contribution >= 0.6 is 0 Å². The Labute approximate surface area is 399 Å². The van der Waals surface area contributed by atoms with E-state index in [1.165, 1.54) is 0 Å². The maximum absolute atomic E-state index is 6.44. The molecule has 0 spiro atoms. The summed E-state index contributed by atoms with van der Waals surface area (Å²) in [6, 6.07) is 78.3. The largest absolute Gasteiger partial charge is 0.456 e. The quantitative estimate of drug-likeness (QED) is 0.148. The van der Waals surface area contributed by atoms with Gasteiger partial charge in [-0.25, -0.2) is 4.98 Å². The summed E-state index contributed by atoms with van der Waals surface area (Å²) in [5.74, 6) is 0.590. The normalized spacial score (nSPS) is 12.0. The minimum absolute atomic E-state index is 0.590. The monoisotopic (exact) mass is 899 g/mol. The van der Waals surface area contributed by atoms with E-state index >= 15 is 0 Å². The number of furan rings is 3. The maximum atomic E-state index is 6.44. The predicted molar refractivity (Wildman–Crippen MR) is 286 cm³/mol. The van der Waals surface area contributed by atoms with E-state index in [9.17, 15) is 0 Å². The lowest BCUT2D eigenvalue weighted by Crippen LogP contribution is -2.10. The Morgan fingerprint density at radius 2 is 0.657 bits per heavy atom. The van der Waals surface area contributed by atoms with Crippen LogP contribution in [0.4, 0.5) is 34.1 Å². The van der Waals surface area contributed by atoms with E-state index in [-0.39, 0.29) is 0 Å². The van der Waals surface area contributed by atoms with Crippen molar-refractivity contribution in [2.24, 2.45) is 0 Å². The number of hydrogen-bond acceptors (Lipinski definition) is 7. The first-order valence-electron chi connectivity index (χ1n) is 23.4. The van der Waals surface area contributed by atoms with Gasteiger partial charge in [-0.3, -0.25) is 0 Å². The van der Waals surface area contributed by atoms with Crippen LogP contribution in [-0.2, 0) is 0 Å². The lowest BCUT2D eigenvalue weighted by atomic mass is 9.99. The summed E-state index contributed by atoms with van der Waals surface area (Å²) in [6.07, 6.45) is 0. The SMILES string of the molecule is c1ccc2oc(-c3ccc(N(c4ccc5c(ccc6cc(N(c7ccc8c(c7)oc7ccccc78)c7ccc8oc9ccccc9c8c7)ccc65)c4)c4ccc5c(c4)oc4ccccc45)cc3)nc2c1. The van der Waals surface area contributed by atoms with Gasteiger partial charge in [0.15, 0.2) is 5.58 Å². The Balaban J connectivity index is 0.851. The van der Waals surface area contributed by atoms with Crippen LogP contribution in [0.3, 0.4) is 0 Å². The van der Waals surface area contributed by atoms with Crippen molar-refractivity contribution in [2.75, 3.05) is 9.80 Å². The third-order valence-electron chi connectivity index (χ3n) is 13.8. The van der Waals surface area contributed by atoms with Gasteiger partial charge >= 0.3 is 0 Å². The zero-order chi connectivity index (χ0) is 45.9. The molecule has 4 aromatic heterocycles. The molecule has 15 aromatic rings. The lowest BCUT2D eigenvalue weighted by molar-refractivity contribution is 0.620. The molecule has 7 heteroatoms. The Morgan fingerprint density at radius 3 is 1.23 bits per heavy atom. The molecule has 0 N–H and O–H groups in total. The average Bonchev–Trinajstić information content (AvgIpc) is 4.20. The summed E-state index contributed by atoms with van der Waals surface area (Å²) < 4.78 is 25.3. The van der Waals surface area contributed by atoms with Crippen molar-refractivity contribution < 1.29 is 17.7 Å². The third kappa shape index (κ3) is 6.05. The first-order chi connectivity index (χ1) is 34.6. The van der Waals surface area contributed by atoms with E-state index in [0.29, 0.717) is 5.89 Å². The van der Waals surface area contributed by atoms with Gasteiger partial charge in [-0.2, -0.15) is 0 Å². The van der Waals surface area contributed by atoms with Crippen LogP contribution in [-0.4, -0.2) is 4.98 Å². The van der Waals surface area contributed by atoms with Gasteiger partial charge in [0.05, 0.1) is 0 Å². The van der Waals surface area contributed by atoms with Crippen molar-refractivity contribution in [3.05, 3.63) is 224 Å². The molecule has 0 aliphatic rings. The fraction of sp³-hybridized carbons (Fsp3) is 0. The van der Waals surface area contributed by atoms with Gasteiger partial charge in [0.2, 0.25) is 5.89 Å². The second-order valence-corrected chi connectivity index (χ2v) is 17.9. The van der Waals surface area contributed by atoms with Crippen LogP contribution in [0.2, 0.25) is 0 Å². The fourth-order valence-corrected chi connectivity index (χ4v) is 10.5. The molecule has 0 radical (unpaired) electrons. The molecule has 0 fully saturated rings. The lowest BCUT2D eigenvalue weighted by Gasteiger charge is -2.27. The van der Waals surface area contributed by atoms with Gasteiger partial charge in [-0.1, -0.05) is 91.0 Å². The summed E-state index contributed by atoms with van der Waals surface area (Å²) in [5, 5.41) is 11.1. The second-order valence-electron chi connectivity index (χ2n) is 17.9. The zero-order valence-electron chi connectivity index (χ0n) is 37.3. The second kappa shape index (κ2) is 15.0. The standard InChI is InChI=1S/C63H37N3O4/c1-5-13-56-49(9-1)52-30-25-45(36-61(52)68-56)65(41-21-19-38(20-22-41)63-64-55-12-4-8-16-60(55)70-63)42-23-28-47-39(33-42)17-18-40-34-43(24-29-48(40)47)66(44-27-32-59-54(35-44)51-11-3-7-15-58(51)67-59)46-26-31-53-50-10-2-6-14-57(50)69-62(53)37-46/h1-37H. The highest BCUT2D eigenvalue weighted by atomic mass is 16.4. The van der Waals surface area contributed by atoms with Crippen LogP contribution in [0.25, 0.3) is 110 Å². The molecule has 0 atom stereocenters. The van der Waals surface area contributed by atoms with E-state index in [1.54, 1.807) is 0 Å². The number of para-hydroxylation sites is 5. The Hall–Kier alpha value is -9.59. The number of fused-ring (bicyclic) bond motifs is 13. The Bertz CT molecular complexity index is 4540. The van der Waals surface area contributed by atoms with Gasteiger partial charge in [0, 0.05) is 84.1 Å². The number of nitrogens with zero attached hydrogens (tertiary/aromatic N) is 3. The van der Waals surface area contributed by atoms with E-state index in [0.717, 1.165) is 138 Å². The first-order valence-corrected chi connectivity index (χ1v) is 23.4. The van der Waals surface area contributed by atoms with Crippen LogP contribution in [0.5, 0.6) is 0 Å². The highest BCUT2D eigenvalue weighted by molar-refractivity contribution is 6.12. The van der Waals surface area contributed by atoms with E-state index < -0.39 is 0 Å². The van der Waals surface area contributed by atoms with Crippen LogP contribution in [0.15, 0.2) is 242 Å². The van der Waals surface area contributed by atoms with Crippen molar-refractivity contribution in [3.8, 4) is 11.5 Å². The molecule has 4 heterocycles. The van der Waals surface area contributed by atoms with Crippen molar-refractivity contribution in [1.82, 2.24) is 4.98 Å². The smallest absolute Gasteiger partial charge is 0.227 e. The van der Waals surface area contributed by atoms with Crippen LogP contribution in [0, 0.1) is 0 Å². The highest BCUT2D eigenvalue weighted by Gasteiger charge is 2.21. The summed E-state index contributed by atoms with van der Waals surface area (Å²) in [4.78, 5) is 9.36. The van der Waals surface area contributed by atoms with Crippen molar-refractivity contribution >= 4 is 133 Å². The summed E-state index contributed by atoms with van der Waals surface area (Å²) in [7, 11) is 0. The van der Waals surface area contributed by atoms with Gasteiger partial charge in [0.25, 0.3) is 0 Å². The molecule has 70 heavy (non-hydrogen) atoms. The molecule has 15 rings (SSSR count). The number of oxazole rings is 1. The van der Waals surface area contributed by atoms with Gasteiger partial charge < -0.3 is 27.5 Å². The molecule has 11 aromatic carbocycles. The van der Waals surface area contributed by atoms with Gasteiger partial charge in [0.1, 0.15) is 39.0 Å². The van der Waals surface area contributed by atoms with E-state index in [2.05, 4.69) is 174 Å².